The topological polar surface area (TPSA) is 46.6 Å². The van der Waals surface area contributed by atoms with Gasteiger partial charge in [-0.15, -0.1) is 0 Å². The lowest BCUT2D eigenvalue weighted by molar-refractivity contribution is 0.290. The molecule has 1 aromatic rings. The summed E-state index contributed by atoms with van der Waals surface area (Å²) in [6.07, 6.45) is 3.00. The standard InChI is InChI=1S/C13H19NO3S/c1-18(15,16)17-10-8-12-7-9-14(11-12)13-5-3-2-4-6-13/h2-6,12H,7-11H2,1H3. The van der Waals surface area contributed by atoms with Crippen LogP contribution >= 0.6 is 0 Å². The summed E-state index contributed by atoms with van der Waals surface area (Å²) < 4.78 is 26.5. The van der Waals surface area contributed by atoms with Crippen molar-refractivity contribution in [2.45, 2.75) is 12.8 Å². The second-order valence-corrected chi connectivity index (χ2v) is 6.39. The van der Waals surface area contributed by atoms with E-state index in [-0.39, 0.29) is 0 Å². The fourth-order valence-electron chi connectivity index (χ4n) is 2.31. The zero-order chi connectivity index (χ0) is 13.0. The largest absolute Gasteiger partial charge is 0.371 e. The Balaban J connectivity index is 1.79. The Morgan fingerprint density at radius 1 is 1.33 bits per heavy atom. The maximum Gasteiger partial charge on any atom is 0.264 e. The van der Waals surface area contributed by atoms with Crippen molar-refractivity contribution in [2.24, 2.45) is 5.92 Å². The molecule has 0 amide bonds. The van der Waals surface area contributed by atoms with Crippen molar-refractivity contribution in [3.63, 3.8) is 0 Å². The van der Waals surface area contributed by atoms with Gasteiger partial charge in [-0.25, -0.2) is 0 Å². The molecule has 1 unspecified atom stereocenters. The Morgan fingerprint density at radius 2 is 2.06 bits per heavy atom. The van der Waals surface area contributed by atoms with Crippen LogP contribution < -0.4 is 4.90 Å². The molecule has 0 N–H and O–H groups in total. The van der Waals surface area contributed by atoms with E-state index in [1.807, 2.05) is 18.2 Å². The zero-order valence-corrected chi connectivity index (χ0v) is 11.4. The molecule has 0 radical (unpaired) electrons. The first kappa shape index (κ1) is 13.4. The quantitative estimate of drug-likeness (QED) is 0.766. The molecule has 1 aromatic carbocycles. The third kappa shape index (κ3) is 3.99. The van der Waals surface area contributed by atoms with Crippen molar-refractivity contribution in [3.8, 4) is 0 Å². The lowest BCUT2D eigenvalue weighted by Crippen LogP contribution is -2.20. The van der Waals surface area contributed by atoms with Crippen molar-refractivity contribution in [1.82, 2.24) is 0 Å². The monoisotopic (exact) mass is 269 g/mol. The summed E-state index contributed by atoms with van der Waals surface area (Å²) in [5.74, 6) is 0.520. The predicted octanol–water partition coefficient (Wildman–Crippen LogP) is 1.88. The molecular weight excluding hydrogens is 250 g/mol. The highest BCUT2D eigenvalue weighted by atomic mass is 32.2. The van der Waals surface area contributed by atoms with E-state index < -0.39 is 10.1 Å². The lowest BCUT2D eigenvalue weighted by Gasteiger charge is -2.18. The summed E-state index contributed by atoms with van der Waals surface area (Å²) in [7, 11) is -3.30. The first-order chi connectivity index (χ1) is 8.54. The van der Waals surface area contributed by atoms with Crippen molar-refractivity contribution in [1.29, 1.82) is 0 Å². The predicted molar refractivity (Wildman–Crippen MR) is 72.2 cm³/mol. The molecule has 0 bridgehead atoms. The van der Waals surface area contributed by atoms with E-state index in [0.29, 0.717) is 12.5 Å². The fraction of sp³-hybridized carbons (Fsp3) is 0.538. The molecule has 1 aliphatic heterocycles. The second-order valence-electron chi connectivity index (χ2n) is 4.75. The van der Waals surface area contributed by atoms with E-state index in [1.165, 1.54) is 5.69 Å². The molecule has 1 heterocycles. The minimum atomic E-state index is -3.30. The maximum atomic E-state index is 10.9. The van der Waals surface area contributed by atoms with Crippen molar-refractivity contribution in [2.75, 3.05) is 30.9 Å². The average Bonchev–Trinajstić information content (AvgIpc) is 2.77. The van der Waals surface area contributed by atoms with Gasteiger partial charge in [-0.1, -0.05) is 18.2 Å². The summed E-state index contributed by atoms with van der Waals surface area (Å²) in [4.78, 5) is 2.34. The molecule has 18 heavy (non-hydrogen) atoms. The van der Waals surface area contributed by atoms with Gasteiger partial charge in [0.15, 0.2) is 0 Å². The van der Waals surface area contributed by atoms with Gasteiger partial charge in [0.25, 0.3) is 10.1 Å². The first-order valence-corrected chi connectivity index (χ1v) is 8.00. The molecule has 1 fully saturated rings. The molecule has 100 valence electrons. The van der Waals surface area contributed by atoms with Crippen LogP contribution in [0.3, 0.4) is 0 Å². The molecule has 0 saturated carbocycles. The normalized spacial score (nSPS) is 20.3. The Labute approximate surface area is 109 Å². The van der Waals surface area contributed by atoms with Gasteiger partial charge < -0.3 is 4.90 Å². The van der Waals surface area contributed by atoms with Crippen LogP contribution in [0.4, 0.5) is 5.69 Å². The molecular formula is C13H19NO3S. The lowest BCUT2D eigenvalue weighted by atomic mass is 10.1. The molecule has 4 nitrogen and oxygen atoms in total. The number of nitrogens with zero attached hydrogens (tertiary/aromatic N) is 1. The highest BCUT2D eigenvalue weighted by molar-refractivity contribution is 7.85. The van der Waals surface area contributed by atoms with Crippen LogP contribution in [-0.2, 0) is 14.3 Å². The van der Waals surface area contributed by atoms with Gasteiger partial charge in [0.1, 0.15) is 0 Å². The number of para-hydroxylation sites is 1. The molecule has 0 aliphatic carbocycles. The van der Waals surface area contributed by atoms with Crippen LogP contribution in [0.15, 0.2) is 30.3 Å². The van der Waals surface area contributed by atoms with E-state index in [1.54, 1.807) is 0 Å². The van der Waals surface area contributed by atoms with Gasteiger partial charge in [-0.3, -0.25) is 4.18 Å². The third-order valence-electron chi connectivity index (χ3n) is 3.23. The van der Waals surface area contributed by atoms with E-state index in [9.17, 15) is 8.42 Å². The summed E-state index contributed by atoms with van der Waals surface area (Å²) in [6, 6.07) is 10.3. The molecule has 1 aliphatic rings. The van der Waals surface area contributed by atoms with E-state index >= 15 is 0 Å². The molecule has 5 heteroatoms. The highest BCUT2D eigenvalue weighted by Gasteiger charge is 2.22. The van der Waals surface area contributed by atoms with Gasteiger partial charge >= 0.3 is 0 Å². The van der Waals surface area contributed by atoms with Gasteiger partial charge in [-0.2, -0.15) is 8.42 Å². The van der Waals surface area contributed by atoms with Crippen LogP contribution in [0, 0.1) is 5.92 Å². The van der Waals surface area contributed by atoms with Crippen LogP contribution in [0.1, 0.15) is 12.8 Å². The van der Waals surface area contributed by atoms with E-state index in [2.05, 4.69) is 17.0 Å². The number of benzene rings is 1. The highest BCUT2D eigenvalue weighted by Crippen LogP contribution is 2.25. The Morgan fingerprint density at radius 3 is 2.72 bits per heavy atom. The Hall–Kier alpha value is -1.07. The molecule has 1 atom stereocenters. The number of hydrogen-bond donors (Lipinski definition) is 0. The van der Waals surface area contributed by atoms with Crippen LogP contribution in [0.5, 0.6) is 0 Å². The van der Waals surface area contributed by atoms with Gasteiger partial charge in [-0.05, 0) is 30.9 Å². The summed E-state index contributed by atoms with van der Waals surface area (Å²) in [6.45, 7) is 2.32. The SMILES string of the molecule is CS(=O)(=O)OCCC1CCN(c2ccccc2)C1. The van der Waals surface area contributed by atoms with Crippen LogP contribution in [-0.4, -0.2) is 34.4 Å². The average molecular weight is 269 g/mol. The fourth-order valence-corrected chi connectivity index (χ4v) is 2.71. The third-order valence-corrected chi connectivity index (χ3v) is 3.83. The second kappa shape index (κ2) is 5.71. The maximum absolute atomic E-state index is 10.9. The molecule has 0 spiro atoms. The Bertz CT molecular complexity index is 472. The summed E-state index contributed by atoms with van der Waals surface area (Å²) in [5.41, 5.74) is 1.24. The van der Waals surface area contributed by atoms with E-state index in [0.717, 1.165) is 32.2 Å². The number of anilines is 1. The van der Waals surface area contributed by atoms with Crippen molar-refractivity contribution in [3.05, 3.63) is 30.3 Å². The van der Waals surface area contributed by atoms with Gasteiger partial charge in [0, 0.05) is 18.8 Å². The van der Waals surface area contributed by atoms with Gasteiger partial charge in [0.2, 0.25) is 0 Å². The van der Waals surface area contributed by atoms with Crippen LogP contribution in [0.25, 0.3) is 0 Å². The van der Waals surface area contributed by atoms with E-state index in [4.69, 9.17) is 4.18 Å². The minimum Gasteiger partial charge on any atom is -0.371 e. The number of hydrogen-bond acceptors (Lipinski definition) is 4. The molecule has 0 aromatic heterocycles. The van der Waals surface area contributed by atoms with Crippen molar-refractivity contribution < 1.29 is 12.6 Å². The van der Waals surface area contributed by atoms with Gasteiger partial charge in [0.05, 0.1) is 12.9 Å². The Kier molecular flexibility index (Phi) is 4.24. The minimum absolute atomic E-state index is 0.298. The molecule has 1 saturated heterocycles. The summed E-state index contributed by atoms with van der Waals surface area (Å²) in [5, 5.41) is 0. The first-order valence-electron chi connectivity index (χ1n) is 6.19. The number of rotatable bonds is 5. The summed E-state index contributed by atoms with van der Waals surface area (Å²) >= 11 is 0. The molecule has 2 rings (SSSR count). The zero-order valence-electron chi connectivity index (χ0n) is 10.6. The van der Waals surface area contributed by atoms with Crippen LogP contribution in [0.2, 0.25) is 0 Å². The smallest absolute Gasteiger partial charge is 0.264 e. The van der Waals surface area contributed by atoms with Crippen molar-refractivity contribution >= 4 is 15.8 Å².